The fourth-order valence-corrected chi connectivity index (χ4v) is 2.75. The van der Waals surface area contributed by atoms with Crippen molar-refractivity contribution in [2.75, 3.05) is 6.61 Å². The fraction of sp³-hybridized carbons (Fsp3) is 0.167. The molecule has 0 saturated heterocycles. The topological polar surface area (TPSA) is 77.1 Å². The summed E-state index contributed by atoms with van der Waals surface area (Å²) in [4.78, 5) is 11.9. The normalized spacial score (nSPS) is 10.5. The number of ether oxygens (including phenoxy) is 2. The number of aromatic nitrogens is 3. The molecule has 7 heteroatoms. The van der Waals surface area contributed by atoms with Gasteiger partial charge < -0.3 is 9.47 Å². The zero-order valence-electron chi connectivity index (χ0n) is 13.5. The van der Waals surface area contributed by atoms with Crippen LogP contribution in [0.5, 0.6) is 5.75 Å². The summed E-state index contributed by atoms with van der Waals surface area (Å²) < 4.78 is 11.8. The van der Waals surface area contributed by atoms with Crippen LogP contribution in [-0.4, -0.2) is 28.0 Å². The molecule has 0 unspecified atom stereocenters. The Morgan fingerprint density at radius 1 is 1.16 bits per heavy atom. The minimum atomic E-state index is -0.508. The number of carbonyl (C=O) groups is 1. The Morgan fingerprint density at radius 3 is 2.80 bits per heavy atom. The van der Waals surface area contributed by atoms with Crippen LogP contribution in [0.4, 0.5) is 0 Å². The first-order valence-electron chi connectivity index (χ1n) is 7.73. The quantitative estimate of drug-likeness (QED) is 0.631. The maximum Gasteiger partial charge on any atom is 0.361 e. The van der Waals surface area contributed by atoms with Crippen LogP contribution in [0.2, 0.25) is 0 Å². The van der Waals surface area contributed by atoms with Crippen LogP contribution in [0.3, 0.4) is 0 Å². The number of hydrogen-bond acceptors (Lipinski definition) is 5. The van der Waals surface area contributed by atoms with Crippen LogP contribution in [-0.2, 0) is 11.3 Å². The third-order valence-electron chi connectivity index (χ3n) is 3.42. The molecule has 2 aromatic carbocycles. The molecule has 0 amide bonds. The molecule has 0 radical (unpaired) electrons. The molecule has 128 valence electrons. The van der Waals surface area contributed by atoms with E-state index in [1.165, 1.54) is 0 Å². The molecule has 0 saturated carbocycles. The Morgan fingerprint density at radius 2 is 2.00 bits per heavy atom. The average Bonchev–Trinajstić information content (AvgIpc) is 3.10. The highest BCUT2D eigenvalue weighted by Gasteiger charge is 2.19. The molecular formula is C18H16BrN3O3. The van der Waals surface area contributed by atoms with Crippen molar-refractivity contribution in [2.24, 2.45) is 0 Å². The zero-order chi connectivity index (χ0) is 17.6. The second-order valence-electron chi connectivity index (χ2n) is 5.19. The van der Waals surface area contributed by atoms with Crippen molar-refractivity contribution in [3.63, 3.8) is 0 Å². The smallest absolute Gasteiger partial charge is 0.361 e. The molecule has 0 fully saturated rings. The van der Waals surface area contributed by atoms with Crippen LogP contribution in [0.15, 0.2) is 53.0 Å². The van der Waals surface area contributed by atoms with E-state index in [-0.39, 0.29) is 12.3 Å². The molecule has 1 heterocycles. The summed E-state index contributed by atoms with van der Waals surface area (Å²) in [6, 6.07) is 15.3. The highest BCUT2D eigenvalue weighted by molar-refractivity contribution is 9.10. The Kier molecular flexibility index (Phi) is 5.45. The molecule has 0 aliphatic heterocycles. The van der Waals surface area contributed by atoms with Gasteiger partial charge >= 0.3 is 5.97 Å². The summed E-state index contributed by atoms with van der Waals surface area (Å²) in [6.07, 6.45) is 0. The van der Waals surface area contributed by atoms with Gasteiger partial charge in [0.1, 0.15) is 18.1 Å². The average molecular weight is 402 g/mol. The third kappa shape index (κ3) is 4.24. The van der Waals surface area contributed by atoms with Gasteiger partial charge in [0, 0.05) is 10.0 Å². The number of rotatable bonds is 6. The number of halogens is 1. The maximum atomic E-state index is 11.9. The van der Waals surface area contributed by atoms with Crippen molar-refractivity contribution in [3.05, 3.63) is 64.3 Å². The Hall–Kier alpha value is -2.67. The molecule has 0 bridgehead atoms. The van der Waals surface area contributed by atoms with Gasteiger partial charge in [-0.1, -0.05) is 40.2 Å². The van der Waals surface area contributed by atoms with E-state index >= 15 is 0 Å². The highest BCUT2D eigenvalue weighted by atomic mass is 79.9. The summed E-state index contributed by atoms with van der Waals surface area (Å²) in [5, 5.41) is 10.4. The van der Waals surface area contributed by atoms with Crippen molar-refractivity contribution in [1.82, 2.24) is 15.4 Å². The predicted molar refractivity (Wildman–Crippen MR) is 96.2 cm³/mol. The van der Waals surface area contributed by atoms with Crippen molar-refractivity contribution in [1.29, 1.82) is 0 Å². The number of hydrogen-bond donors (Lipinski definition) is 1. The van der Waals surface area contributed by atoms with Gasteiger partial charge in [0.05, 0.1) is 6.61 Å². The van der Waals surface area contributed by atoms with E-state index in [0.29, 0.717) is 18.1 Å². The van der Waals surface area contributed by atoms with Gasteiger partial charge in [-0.05, 0) is 36.8 Å². The molecule has 0 atom stereocenters. The first-order chi connectivity index (χ1) is 12.2. The summed E-state index contributed by atoms with van der Waals surface area (Å²) in [7, 11) is 0. The second kappa shape index (κ2) is 7.94. The van der Waals surface area contributed by atoms with Crippen molar-refractivity contribution in [2.45, 2.75) is 13.5 Å². The van der Waals surface area contributed by atoms with Gasteiger partial charge in [0.2, 0.25) is 0 Å². The molecule has 0 aliphatic rings. The molecule has 6 nitrogen and oxygen atoms in total. The van der Waals surface area contributed by atoms with E-state index in [9.17, 15) is 4.79 Å². The Bertz CT molecular complexity index is 879. The SMILES string of the molecule is CCOC(=O)c1n[nH]nc1-c1cccc(OCc2cccc(Br)c2)c1. The third-order valence-corrected chi connectivity index (χ3v) is 3.91. The fourth-order valence-electron chi connectivity index (χ4n) is 2.30. The minimum absolute atomic E-state index is 0.158. The standard InChI is InChI=1S/C18H16BrN3O3/c1-2-24-18(23)17-16(20-22-21-17)13-6-4-8-15(10-13)25-11-12-5-3-7-14(19)9-12/h3-10H,2,11H2,1H3,(H,20,21,22). The number of esters is 1. The largest absolute Gasteiger partial charge is 0.489 e. The number of H-pyrrole nitrogens is 1. The summed E-state index contributed by atoms with van der Waals surface area (Å²) in [5.41, 5.74) is 2.37. The number of benzene rings is 2. The first kappa shape index (κ1) is 17.2. The first-order valence-corrected chi connectivity index (χ1v) is 8.52. The van der Waals surface area contributed by atoms with Crippen molar-refractivity contribution >= 4 is 21.9 Å². The van der Waals surface area contributed by atoms with Crippen molar-refractivity contribution in [3.8, 4) is 17.0 Å². The molecule has 0 aliphatic carbocycles. The monoisotopic (exact) mass is 401 g/mol. The van der Waals surface area contributed by atoms with Crippen LogP contribution < -0.4 is 4.74 Å². The van der Waals surface area contributed by atoms with Gasteiger partial charge in [0.25, 0.3) is 0 Å². The predicted octanol–water partition coefficient (Wildman–Crippen LogP) is 3.99. The van der Waals surface area contributed by atoms with E-state index in [2.05, 4.69) is 31.3 Å². The Labute approximate surface area is 153 Å². The van der Waals surface area contributed by atoms with E-state index in [1.807, 2.05) is 48.5 Å². The summed E-state index contributed by atoms with van der Waals surface area (Å²) in [6.45, 7) is 2.46. The maximum absolute atomic E-state index is 11.9. The van der Waals surface area contributed by atoms with E-state index < -0.39 is 5.97 Å². The zero-order valence-corrected chi connectivity index (χ0v) is 15.1. The van der Waals surface area contributed by atoms with Gasteiger partial charge in [0.15, 0.2) is 5.69 Å². The van der Waals surface area contributed by atoms with Crippen molar-refractivity contribution < 1.29 is 14.3 Å². The Balaban J connectivity index is 1.78. The molecule has 1 aromatic heterocycles. The second-order valence-corrected chi connectivity index (χ2v) is 6.10. The van der Waals surface area contributed by atoms with Gasteiger partial charge in [-0.3, -0.25) is 0 Å². The lowest BCUT2D eigenvalue weighted by Gasteiger charge is -2.08. The van der Waals surface area contributed by atoms with Crippen LogP contribution in [0.25, 0.3) is 11.3 Å². The molecule has 3 aromatic rings. The summed E-state index contributed by atoms with van der Waals surface area (Å²) in [5.74, 6) is 0.169. The van der Waals surface area contributed by atoms with E-state index in [0.717, 1.165) is 15.6 Å². The van der Waals surface area contributed by atoms with E-state index in [4.69, 9.17) is 9.47 Å². The number of aromatic amines is 1. The van der Waals surface area contributed by atoms with Gasteiger partial charge in [-0.15, -0.1) is 5.10 Å². The number of nitrogens with one attached hydrogen (secondary N) is 1. The molecule has 3 rings (SSSR count). The number of carbonyl (C=O) groups excluding carboxylic acids is 1. The highest BCUT2D eigenvalue weighted by Crippen LogP contribution is 2.25. The van der Waals surface area contributed by atoms with Crippen LogP contribution in [0.1, 0.15) is 23.0 Å². The molecule has 1 N–H and O–H groups in total. The lowest BCUT2D eigenvalue weighted by Crippen LogP contribution is -2.06. The summed E-state index contributed by atoms with van der Waals surface area (Å²) >= 11 is 3.44. The van der Waals surface area contributed by atoms with Crippen LogP contribution in [0, 0.1) is 0 Å². The lowest BCUT2D eigenvalue weighted by atomic mass is 10.1. The van der Waals surface area contributed by atoms with Crippen LogP contribution >= 0.6 is 15.9 Å². The van der Waals surface area contributed by atoms with E-state index in [1.54, 1.807) is 6.92 Å². The van der Waals surface area contributed by atoms with Gasteiger partial charge in [-0.2, -0.15) is 10.3 Å². The lowest BCUT2D eigenvalue weighted by molar-refractivity contribution is 0.0520. The molecule has 0 spiro atoms. The number of nitrogens with zero attached hydrogens (tertiary/aromatic N) is 2. The molecule has 25 heavy (non-hydrogen) atoms. The van der Waals surface area contributed by atoms with Gasteiger partial charge in [-0.25, -0.2) is 4.79 Å². The molecular weight excluding hydrogens is 386 g/mol. The minimum Gasteiger partial charge on any atom is -0.489 e.